The van der Waals surface area contributed by atoms with Crippen molar-refractivity contribution < 1.29 is 0 Å². The van der Waals surface area contributed by atoms with Gasteiger partial charge in [0.15, 0.2) is 0 Å². The van der Waals surface area contributed by atoms with Crippen LogP contribution in [0.15, 0.2) is 36.9 Å². The SMILES string of the molecule is N#Cc1cccnc1N1CCN(c2ccncn2)CC1. The van der Waals surface area contributed by atoms with Gasteiger partial charge in [-0.2, -0.15) is 5.26 Å². The normalized spacial score (nSPS) is 14.9. The van der Waals surface area contributed by atoms with Crippen molar-refractivity contribution in [1.29, 1.82) is 5.26 Å². The summed E-state index contributed by atoms with van der Waals surface area (Å²) >= 11 is 0. The molecule has 0 aromatic carbocycles. The van der Waals surface area contributed by atoms with E-state index in [1.54, 1.807) is 30.9 Å². The molecule has 0 N–H and O–H groups in total. The largest absolute Gasteiger partial charge is 0.353 e. The van der Waals surface area contributed by atoms with Crippen molar-refractivity contribution in [2.45, 2.75) is 0 Å². The molecule has 3 heterocycles. The second-order valence-electron chi connectivity index (χ2n) is 4.53. The van der Waals surface area contributed by atoms with Crippen LogP contribution in [0.25, 0.3) is 0 Å². The fourth-order valence-corrected chi connectivity index (χ4v) is 2.35. The Morgan fingerprint density at radius 1 is 1.00 bits per heavy atom. The van der Waals surface area contributed by atoms with Crippen molar-refractivity contribution in [2.75, 3.05) is 36.0 Å². The molecule has 0 saturated carbocycles. The molecule has 2 aromatic rings. The summed E-state index contributed by atoms with van der Waals surface area (Å²) in [4.78, 5) is 16.9. The Balaban J connectivity index is 1.72. The quantitative estimate of drug-likeness (QED) is 0.810. The number of hydrogen-bond donors (Lipinski definition) is 0. The van der Waals surface area contributed by atoms with Crippen molar-refractivity contribution >= 4 is 11.6 Å². The Morgan fingerprint density at radius 2 is 1.80 bits per heavy atom. The lowest BCUT2D eigenvalue weighted by Gasteiger charge is -2.36. The van der Waals surface area contributed by atoms with Gasteiger partial charge in [-0.3, -0.25) is 0 Å². The number of aromatic nitrogens is 3. The Labute approximate surface area is 117 Å². The predicted octanol–water partition coefficient (Wildman–Crippen LogP) is 1.07. The smallest absolute Gasteiger partial charge is 0.146 e. The molecule has 1 fully saturated rings. The maximum absolute atomic E-state index is 9.14. The molecule has 1 aliphatic heterocycles. The lowest BCUT2D eigenvalue weighted by Crippen LogP contribution is -2.47. The molecule has 1 saturated heterocycles. The zero-order chi connectivity index (χ0) is 13.8. The molecule has 3 rings (SSSR count). The molecular formula is C14H14N6. The highest BCUT2D eigenvalue weighted by Gasteiger charge is 2.20. The summed E-state index contributed by atoms with van der Waals surface area (Å²) in [6.07, 6.45) is 5.04. The maximum atomic E-state index is 9.14. The summed E-state index contributed by atoms with van der Waals surface area (Å²) in [5.41, 5.74) is 0.628. The molecule has 0 atom stereocenters. The average Bonchev–Trinajstić information content (AvgIpc) is 2.56. The molecule has 20 heavy (non-hydrogen) atoms. The van der Waals surface area contributed by atoms with Crippen LogP contribution in [0, 0.1) is 11.3 Å². The van der Waals surface area contributed by atoms with Crippen LogP contribution >= 0.6 is 0 Å². The summed E-state index contributed by atoms with van der Waals surface area (Å²) in [6, 6.07) is 7.71. The van der Waals surface area contributed by atoms with Crippen molar-refractivity contribution in [3.63, 3.8) is 0 Å². The number of pyridine rings is 1. The Bertz CT molecular complexity index is 613. The minimum Gasteiger partial charge on any atom is -0.353 e. The zero-order valence-corrected chi connectivity index (χ0v) is 11.0. The van der Waals surface area contributed by atoms with E-state index in [2.05, 4.69) is 30.8 Å². The van der Waals surface area contributed by atoms with E-state index in [-0.39, 0.29) is 0 Å². The first-order chi connectivity index (χ1) is 9.88. The van der Waals surface area contributed by atoms with Crippen LogP contribution in [-0.2, 0) is 0 Å². The van der Waals surface area contributed by atoms with Crippen LogP contribution in [0.1, 0.15) is 5.56 Å². The number of anilines is 2. The van der Waals surface area contributed by atoms with Gasteiger partial charge >= 0.3 is 0 Å². The molecule has 0 unspecified atom stereocenters. The summed E-state index contributed by atoms with van der Waals surface area (Å²) in [7, 11) is 0. The minimum atomic E-state index is 0.628. The molecule has 0 spiro atoms. The zero-order valence-electron chi connectivity index (χ0n) is 11.0. The first kappa shape index (κ1) is 12.4. The molecule has 6 nitrogen and oxygen atoms in total. The molecule has 0 aliphatic carbocycles. The summed E-state index contributed by atoms with van der Waals surface area (Å²) in [5.74, 6) is 1.72. The maximum Gasteiger partial charge on any atom is 0.146 e. The van der Waals surface area contributed by atoms with E-state index >= 15 is 0 Å². The van der Waals surface area contributed by atoms with Gasteiger partial charge in [0, 0.05) is 38.6 Å². The summed E-state index contributed by atoms with van der Waals surface area (Å²) < 4.78 is 0. The number of nitriles is 1. The predicted molar refractivity (Wildman–Crippen MR) is 75.4 cm³/mol. The van der Waals surface area contributed by atoms with Crippen LogP contribution in [0.5, 0.6) is 0 Å². The number of nitrogens with zero attached hydrogens (tertiary/aromatic N) is 6. The molecule has 0 bridgehead atoms. The standard InChI is InChI=1S/C14H14N6/c15-10-12-2-1-4-17-14(12)20-8-6-19(7-9-20)13-3-5-16-11-18-13/h1-5,11H,6-9H2. The second kappa shape index (κ2) is 5.53. The third-order valence-corrected chi connectivity index (χ3v) is 3.38. The van der Waals surface area contributed by atoms with E-state index in [1.165, 1.54) is 0 Å². The fraction of sp³-hybridized carbons (Fsp3) is 0.286. The first-order valence-corrected chi connectivity index (χ1v) is 6.49. The average molecular weight is 266 g/mol. The second-order valence-corrected chi connectivity index (χ2v) is 4.53. The van der Waals surface area contributed by atoms with Crippen LogP contribution in [-0.4, -0.2) is 41.1 Å². The number of piperazine rings is 1. The van der Waals surface area contributed by atoms with Gasteiger partial charge in [-0.1, -0.05) is 0 Å². The van der Waals surface area contributed by atoms with Gasteiger partial charge in [0.1, 0.15) is 24.0 Å². The molecule has 6 heteroatoms. The van der Waals surface area contributed by atoms with Crippen LogP contribution in [0.4, 0.5) is 11.6 Å². The van der Waals surface area contributed by atoms with Gasteiger partial charge in [-0.05, 0) is 18.2 Å². The lowest BCUT2D eigenvalue weighted by atomic mass is 10.2. The van der Waals surface area contributed by atoms with Crippen LogP contribution in [0.3, 0.4) is 0 Å². The fourth-order valence-electron chi connectivity index (χ4n) is 2.35. The van der Waals surface area contributed by atoms with Gasteiger partial charge in [-0.15, -0.1) is 0 Å². The van der Waals surface area contributed by atoms with Gasteiger partial charge in [0.05, 0.1) is 5.56 Å². The summed E-state index contributed by atoms with van der Waals surface area (Å²) in [5, 5.41) is 9.14. The van der Waals surface area contributed by atoms with E-state index in [9.17, 15) is 0 Å². The van der Waals surface area contributed by atoms with E-state index in [0.717, 1.165) is 37.8 Å². The van der Waals surface area contributed by atoms with Gasteiger partial charge < -0.3 is 9.80 Å². The van der Waals surface area contributed by atoms with Crippen molar-refractivity contribution in [3.8, 4) is 6.07 Å². The van der Waals surface area contributed by atoms with Crippen LogP contribution < -0.4 is 9.80 Å². The molecular weight excluding hydrogens is 252 g/mol. The molecule has 2 aromatic heterocycles. The lowest BCUT2D eigenvalue weighted by molar-refractivity contribution is 0.640. The van der Waals surface area contributed by atoms with Crippen molar-refractivity contribution in [3.05, 3.63) is 42.5 Å². The third-order valence-electron chi connectivity index (χ3n) is 3.38. The molecule has 1 aliphatic rings. The molecule has 0 amide bonds. The Morgan fingerprint density at radius 3 is 2.50 bits per heavy atom. The summed E-state index contributed by atoms with van der Waals surface area (Å²) in [6.45, 7) is 3.38. The Hall–Kier alpha value is -2.68. The van der Waals surface area contributed by atoms with E-state index in [4.69, 9.17) is 5.26 Å². The van der Waals surface area contributed by atoms with Gasteiger partial charge in [0.25, 0.3) is 0 Å². The highest BCUT2D eigenvalue weighted by molar-refractivity contribution is 5.54. The van der Waals surface area contributed by atoms with Crippen molar-refractivity contribution in [1.82, 2.24) is 15.0 Å². The number of rotatable bonds is 2. The Kier molecular flexibility index (Phi) is 3.42. The van der Waals surface area contributed by atoms with E-state index in [0.29, 0.717) is 5.56 Å². The third kappa shape index (κ3) is 2.38. The highest BCUT2D eigenvalue weighted by atomic mass is 15.3. The van der Waals surface area contributed by atoms with Gasteiger partial charge in [0.2, 0.25) is 0 Å². The van der Waals surface area contributed by atoms with E-state index < -0.39 is 0 Å². The minimum absolute atomic E-state index is 0.628. The van der Waals surface area contributed by atoms with E-state index in [1.807, 2.05) is 6.07 Å². The first-order valence-electron chi connectivity index (χ1n) is 6.49. The highest BCUT2D eigenvalue weighted by Crippen LogP contribution is 2.19. The molecule has 100 valence electrons. The topological polar surface area (TPSA) is 68.9 Å². The van der Waals surface area contributed by atoms with Crippen LogP contribution in [0.2, 0.25) is 0 Å². The monoisotopic (exact) mass is 266 g/mol. The molecule has 0 radical (unpaired) electrons. The number of hydrogen-bond acceptors (Lipinski definition) is 6. The van der Waals surface area contributed by atoms with Crippen molar-refractivity contribution in [2.24, 2.45) is 0 Å². The van der Waals surface area contributed by atoms with Gasteiger partial charge in [-0.25, -0.2) is 15.0 Å².